The fourth-order valence-electron chi connectivity index (χ4n) is 9.64. The van der Waals surface area contributed by atoms with E-state index < -0.39 is 6.10 Å². The second-order valence-corrected chi connectivity index (χ2v) is 22.7. The summed E-state index contributed by atoms with van der Waals surface area (Å²) < 4.78 is 16.9. The molecule has 0 aliphatic heterocycles. The Hall–Kier alpha value is -3.93. The zero-order valence-corrected chi connectivity index (χ0v) is 53.3. The predicted octanol–water partition coefficient (Wildman–Crippen LogP) is 23.8. The Bertz CT molecular complexity index is 1620. The first-order valence-corrected chi connectivity index (χ1v) is 34.4. The van der Waals surface area contributed by atoms with Gasteiger partial charge in [0.2, 0.25) is 0 Å². The van der Waals surface area contributed by atoms with Crippen LogP contribution in [0.1, 0.15) is 329 Å². The van der Waals surface area contributed by atoms with Crippen molar-refractivity contribution in [1.29, 1.82) is 0 Å². The first-order valence-electron chi connectivity index (χ1n) is 34.4. The third-order valence-corrected chi connectivity index (χ3v) is 14.7. The minimum Gasteiger partial charge on any atom is -0.462 e. The lowest BCUT2D eigenvalue weighted by Gasteiger charge is -2.18. The van der Waals surface area contributed by atoms with Crippen LogP contribution in [-0.2, 0) is 28.6 Å². The first-order chi connectivity index (χ1) is 40.0. The van der Waals surface area contributed by atoms with Gasteiger partial charge >= 0.3 is 17.9 Å². The number of ether oxygens (including phenoxy) is 3. The van der Waals surface area contributed by atoms with Gasteiger partial charge in [0.25, 0.3) is 0 Å². The summed E-state index contributed by atoms with van der Waals surface area (Å²) in [6.45, 7) is 6.49. The molecule has 464 valence electrons. The van der Waals surface area contributed by atoms with E-state index in [4.69, 9.17) is 14.2 Å². The molecule has 6 nitrogen and oxygen atoms in total. The van der Waals surface area contributed by atoms with Crippen LogP contribution in [0.5, 0.6) is 0 Å². The van der Waals surface area contributed by atoms with Gasteiger partial charge < -0.3 is 14.2 Å². The average Bonchev–Trinajstić information content (AvgIpc) is 3.47. The maximum absolute atomic E-state index is 12.9. The molecule has 0 amide bonds. The maximum Gasteiger partial charge on any atom is 0.306 e. The van der Waals surface area contributed by atoms with E-state index >= 15 is 0 Å². The Balaban J connectivity index is 4.16. The Labute approximate surface area is 501 Å². The minimum atomic E-state index is -0.781. The van der Waals surface area contributed by atoms with E-state index in [9.17, 15) is 14.4 Å². The predicted molar refractivity (Wildman–Crippen MR) is 353 cm³/mol. The molecule has 0 aromatic heterocycles. The summed E-state index contributed by atoms with van der Waals surface area (Å²) in [4.78, 5) is 38.3. The second-order valence-electron chi connectivity index (χ2n) is 22.7. The zero-order chi connectivity index (χ0) is 58.5. The molecule has 0 aliphatic rings. The molecule has 0 aliphatic carbocycles. The highest BCUT2D eigenvalue weighted by Crippen LogP contribution is 2.17. The molecule has 0 spiro atoms. The molecule has 0 saturated carbocycles. The van der Waals surface area contributed by atoms with Gasteiger partial charge in [0.15, 0.2) is 6.10 Å². The van der Waals surface area contributed by atoms with Crippen LogP contribution in [0.25, 0.3) is 0 Å². The Morgan fingerprint density at radius 3 is 0.815 bits per heavy atom. The number of carbonyl (C=O) groups excluding carboxylic acids is 3. The van der Waals surface area contributed by atoms with E-state index in [1.54, 1.807) is 0 Å². The summed E-state index contributed by atoms with van der Waals surface area (Å²) in [5.41, 5.74) is 0. The molecule has 81 heavy (non-hydrogen) atoms. The van der Waals surface area contributed by atoms with E-state index in [0.29, 0.717) is 19.3 Å². The van der Waals surface area contributed by atoms with Gasteiger partial charge in [-0.15, -0.1) is 0 Å². The molecule has 0 aromatic carbocycles. The molecule has 1 atom stereocenters. The molecule has 0 saturated heterocycles. The number of hydrogen-bond donors (Lipinski definition) is 0. The first kappa shape index (κ1) is 77.1. The maximum atomic E-state index is 12.9. The van der Waals surface area contributed by atoms with Crippen molar-refractivity contribution < 1.29 is 28.6 Å². The van der Waals surface area contributed by atoms with Gasteiger partial charge in [-0.2, -0.15) is 0 Å². The van der Waals surface area contributed by atoms with Gasteiger partial charge in [0.1, 0.15) is 13.2 Å². The van der Waals surface area contributed by atoms with Crippen LogP contribution < -0.4 is 0 Å². The standard InChI is InChI=1S/C75H128O6/c1-4-7-10-13-16-19-22-24-26-28-30-31-32-33-34-35-36-37-38-39-40-41-42-43-44-45-46-48-49-51-53-56-59-62-65-68-74(77)80-71-72(70-79-73(76)67-64-61-58-55-21-18-15-12-9-6-3)81-75(78)69-66-63-60-57-54-52-50-47-29-27-25-23-20-17-14-11-8-5-2/h7,10,12,15-16,19,24,26,30-31,33-34,36-37,39-40,42-43,72H,4-6,8-9,11,13-14,17-18,20-23,25,27-29,32,35,38,41,44-71H2,1-3H3/b10-7-,15-12-,19-16-,26-24-,31-30-,34-33-,37-36-,40-39-,43-42-. The largest absolute Gasteiger partial charge is 0.462 e. The fraction of sp³-hybridized carbons (Fsp3) is 0.720. The highest BCUT2D eigenvalue weighted by molar-refractivity contribution is 5.71. The summed E-state index contributed by atoms with van der Waals surface area (Å²) in [5, 5.41) is 0. The molecular weight excluding hydrogens is 997 g/mol. The molecule has 0 radical (unpaired) electrons. The summed E-state index contributed by atoms with van der Waals surface area (Å²) >= 11 is 0. The molecule has 0 rings (SSSR count). The fourth-order valence-corrected chi connectivity index (χ4v) is 9.64. The number of carbonyl (C=O) groups is 3. The van der Waals surface area contributed by atoms with E-state index in [2.05, 4.69) is 130 Å². The Kier molecular flexibility index (Phi) is 65.2. The van der Waals surface area contributed by atoms with Crippen LogP contribution >= 0.6 is 0 Å². The monoisotopic (exact) mass is 1120 g/mol. The summed E-state index contributed by atoms with van der Waals surface area (Å²) in [7, 11) is 0. The van der Waals surface area contributed by atoms with Crippen LogP contribution in [0.3, 0.4) is 0 Å². The van der Waals surface area contributed by atoms with Crippen molar-refractivity contribution in [2.24, 2.45) is 0 Å². The van der Waals surface area contributed by atoms with Crippen LogP contribution in [0.4, 0.5) is 0 Å². The van der Waals surface area contributed by atoms with Crippen LogP contribution in [-0.4, -0.2) is 37.2 Å². The average molecular weight is 1130 g/mol. The van der Waals surface area contributed by atoms with Crippen molar-refractivity contribution >= 4 is 17.9 Å². The molecule has 1 unspecified atom stereocenters. The minimum absolute atomic E-state index is 0.0797. The summed E-state index contributed by atoms with van der Waals surface area (Å²) in [6.07, 6.45) is 94.1. The highest BCUT2D eigenvalue weighted by atomic mass is 16.6. The third kappa shape index (κ3) is 66.8. The highest BCUT2D eigenvalue weighted by Gasteiger charge is 2.19. The smallest absolute Gasteiger partial charge is 0.306 e. The van der Waals surface area contributed by atoms with E-state index in [1.807, 2.05) is 0 Å². The van der Waals surface area contributed by atoms with Crippen molar-refractivity contribution in [3.63, 3.8) is 0 Å². The lowest BCUT2D eigenvalue weighted by Crippen LogP contribution is -2.30. The van der Waals surface area contributed by atoms with Crippen molar-refractivity contribution in [2.75, 3.05) is 13.2 Å². The molecule has 0 bridgehead atoms. The van der Waals surface area contributed by atoms with Crippen LogP contribution in [0.15, 0.2) is 109 Å². The zero-order valence-electron chi connectivity index (χ0n) is 53.3. The van der Waals surface area contributed by atoms with Gasteiger partial charge in [-0.25, -0.2) is 0 Å². The van der Waals surface area contributed by atoms with Crippen molar-refractivity contribution in [2.45, 2.75) is 335 Å². The molecule has 0 fully saturated rings. The number of unbranched alkanes of at least 4 members (excludes halogenated alkanes) is 33. The van der Waals surface area contributed by atoms with E-state index in [0.717, 1.165) is 122 Å². The van der Waals surface area contributed by atoms with Crippen LogP contribution in [0.2, 0.25) is 0 Å². The van der Waals surface area contributed by atoms with Gasteiger partial charge in [-0.1, -0.05) is 316 Å². The van der Waals surface area contributed by atoms with Crippen molar-refractivity contribution in [1.82, 2.24) is 0 Å². The van der Waals surface area contributed by atoms with E-state index in [-0.39, 0.29) is 31.1 Å². The van der Waals surface area contributed by atoms with Crippen molar-refractivity contribution in [3.8, 4) is 0 Å². The van der Waals surface area contributed by atoms with Gasteiger partial charge in [-0.05, 0) is 103 Å². The number of allylic oxidation sites excluding steroid dienone is 18. The van der Waals surface area contributed by atoms with Gasteiger partial charge in [0.05, 0.1) is 0 Å². The molecule has 0 N–H and O–H groups in total. The molecule has 0 heterocycles. The van der Waals surface area contributed by atoms with Gasteiger partial charge in [0, 0.05) is 19.3 Å². The Morgan fingerprint density at radius 2 is 0.506 bits per heavy atom. The SMILES string of the molecule is CC/C=C\C/C=C\C/C=C\C/C=C\C/C=C\C/C=C\C/C=C\C/C=C\CCCCCCCCCCCCC(=O)OCC(COC(=O)CCCCCCC/C=C\CCC)OC(=O)CCCCCCCCCCCCCCCCCCCC. The second kappa shape index (κ2) is 68.6. The number of esters is 3. The van der Waals surface area contributed by atoms with E-state index in [1.165, 1.54) is 167 Å². The molecule has 0 aromatic rings. The third-order valence-electron chi connectivity index (χ3n) is 14.7. The lowest BCUT2D eigenvalue weighted by atomic mass is 10.0. The Morgan fingerprint density at radius 1 is 0.259 bits per heavy atom. The van der Waals surface area contributed by atoms with Gasteiger partial charge in [-0.3, -0.25) is 14.4 Å². The quantitative estimate of drug-likeness (QED) is 0.0261. The normalized spacial score (nSPS) is 12.8. The summed E-state index contributed by atoms with van der Waals surface area (Å²) in [6, 6.07) is 0. The van der Waals surface area contributed by atoms with Crippen molar-refractivity contribution in [3.05, 3.63) is 109 Å². The molecule has 6 heteroatoms. The van der Waals surface area contributed by atoms with Crippen LogP contribution in [0, 0.1) is 0 Å². The number of rotatable bonds is 62. The topological polar surface area (TPSA) is 78.9 Å². The lowest BCUT2D eigenvalue weighted by molar-refractivity contribution is -0.167. The molecular formula is C75H128O6. The summed E-state index contributed by atoms with van der Waals surface area (Å²) in [5.74, 6) is -0.882. The number of hydrogen-bond acceptors (Lipinski definition) is 6.